The second-order valence-corrected chi connectivity index (χ2v) is 7.37. The van der Waals surface area contributed by atoms with Crippen molar-refractivity contribution in [1.82, 2.24) is 4.98 Å². The lowest BCUT2D eigenvalue weighted by molar-refractivity contribution is -0.00171. The Hall–Kier alpha value is -1.06. The first-order valence-corrected chi connectivity index (χ1v) is 9.11. The zero-order chi connectivity index (χ0) is 18.8. The van der Waals surface area contributed by atoms with Crippen LogP contribution in [0.15, 0.2) is 28.9 Å². The Labute approximate surface area is 150 Å². The SMILES string of the molecule is NC(F)(F)CCCNc1cc2cc(C(F)(F)P(O)O)c(Br)cc2cn1. The highest BCUT2D eigenvalue weighted by Gasteiger charge is 2.42. The molecule has 1 aromatic heterocycles. The van der Waals surface area contributed by atoms with E-state index in [1.807, 2.05) is 0 Å². The number of benzene rings is 1. The van der Waals surface area contributed by atoms with Gasteiger partial charge in [0.1, 0.15) is 5.82 Å². The molecule has 0 aliphatic carbocycles. The number of hydrogen-bond acceptors (Lipinski definition) is 5. The van der Waals surface area contributed by atoms with E-state index in [2.05, 4.69) is 32.0 Å². The summed E-state index contributed by atoms with van der Waals surface area (Å²) in [7, 11) is -3.50. The van der Waals surface area contributed by atoms with Gasteiger partial charge in [-0.1, -0.05) is 15.9 Å². The van der Waals surface area contributed by atoms with Crippen LogP contribution in [0.4, 0.5) is 23.4 Å². The molecule has 0 spiro atoms. The second kappa shape index (κ2) is 7.67. The Morgan fingerprint density at radius 3 is 2.44 bits per heavy atom. The number of rotatable bonds is 7. The van der Waals surface area contributed by atoms with Gasteiger partial charge in [0, 0.05) is 34.6 Å². The smallest absolute Gasteiger partial charge is 0.340 e. The van der Waals surface area contributed by atoms with Crippen LogP contribution in [0, 0.1) is 0 Å². The van der Waals surface area contributed by atoms with E-state index in [-0.39, 0.29) is 17.4 Å². The van der Waals surface area contributed by atoms with Gasteiger partial charge in [0.15, 0.2) is 0 Å². The van der Waals surface area contributed by atoms with Crippen molar-refractivity contribution in [2.45, 2.75) is 24.6 Å². The molecule has 2 aromatic rings. The molecule has 0 unspecified atom stereocenters. The standard InChI is InChI=1S/C14H15BrF4N3O2P/c15-11-5-9-7-22-12(21-3-1-2-13(16,17)20)6-8(9)4-10(11)14(18,19)25(23)24/h4-7,23-24H,1-3,20H2,(H,21,22). The summed E-state index contributed by atoms with van der Waals surface area (Å²) >= 11 is 2.99. The number of aromatic nitrogens is 1. The summed E-state index contributed by atoms with van der Waals surface area (Å²) in [5, 5.41) is 3.74. The molecule has 2 rings (SSSR count). The third kappa shape index (κ3) is 5.21. The molecule has 0 bridgehead atoms. The van der Waals surface area contributed by atoms with Gasteiger partial charge in [0.05, 0.1) is 0 Å². The fourth-order valence-corrected chi connectivity index (χ4v) is 3.31. The van der Waals surface area contributed by atoms with Crippen LogP contribution in [0.3, 0.4) is 0 Å². The van der Waals surface area contributed by atoms with Gasteiger partial charge in [0.25, 0.3) is 6.05 Å². The van der Waals surface area contributed by atoms with Gasteiger partial charge < -0.3 is 15.1 Å². The number of nitrogens with two attached hydrogens (primary N) is 1. The molecule has 5 N–H and O–H groups in total. The number of hydrogen-bond donors (Lipinski definition) is 4. The number of anilines is 1. The summed E-state index contributed by atoms with van der Waals surface area (Å²) in [6.45, 7) is 0.184. The lowest BCUT2D eigenvalue weighted by Crippen LogP contribution is -2.28. The van der Waals surface area contributed by atoms with Crippen molar-refractivity contribution in [2.75, 3.05) is 11.9 Å². The molecule has 0 aliphatic rings. The summed E-state index contributed by atoms with van der Waals surface area (Å²) < 4.78 is 52.9. The molecular formula is C14H15BrF4N3O2P. The molecular weight excluding hydrogens is 429 g/mol. The monoisotopic (exact) mass is 443 g/mol. The predicted octanol–water partition coefficient (Wildman–Crippen LogP) is 4.09. The van der Waals surface area contributed by atoms with Crippen molar-refractivity contribution < 1.29 is 27.3 Å². The third-order valence-electron chi connectivity index (χ3n) is 3.38. The maximum absolute atomic E-state index is 13.9. The molecule has 0 saturated heterocycles. The predicted molar refractivity (Wildman–Crippen MR) is 91.6 cm³/mol. The second-order valence-electron chi connectivity index (χ2n) is 5.37. The first-order valence-electron chi connectivity index (χ1n) is 7.07. The van der Waals surface area contributed by atoms with E-state index in [0.29, 0.717) is 16.6 Å². The van der Waals surface area contributed by atoms with Gasteiger partial charge in [-0.2, -0.15) is 17.6 Å². The number of halogens is 5. The minimum atomic E-state index is -3.80. The van der Waals surface area contributed by atoms with Crippen molar-refractivity contribution in [3.05, 3.63) is 34.4 Å². The van der Waals surface area contributed by atoms with Crippen molar-refractivity contribution >= 4 is 40.9 Å². The number of alkyl halides is 4. The van der Waals surface area contributed by atoms with Gasteiger partial charge >= 0.3 is 5.66 Å². The van der Waals surface area contributed by atoms with Crippen molar-refractivity contribution in [2.24, 2.45) is 5.73 Å². The van der Waals surface area contributed by atoms with E-state index in [0.717, 1.165) is 6.07 Å². The van der Waals surface area contributed by atoms with E-state index in [1.54, 1.807) is 0 Å². The average molecular weight is 444 g/mol. The van der Waals surface area contributed by atoms with Gasteiger partial charge in [-0.15, -0.1) is 0 Å². The van der Waals surface area contributed by atoms with E-state index in [1.165, 1.54) is 18.3 Å². The van der Waals surface area contributed by atoms with Crippen LogP contribution in [0.25, 0.3) is 10.8 Å². The Morgan fingerprint density at radius 1 is 1.16 bits per heavy atom. The molecule has 0 amide bonds. The van der Waals surface area contributed by atoms with E-state index >= 15 is 0 Å². The Morgan fingerprint density at radius 2 is 1.84 bits per heavy atom. The molecule has 138 valence electrons. The minimum absolute atomic E-state index is 0.0216. The summed E-state index contributed by atoms with van der Waals surface area (Å²) in [4.78, 5) is 22.0. The summed E-state index contributed by atoms with van der Waals surface area (Å²) in [6, 6.07) is 0.752. The van der Waals surface area contributed by atoms with Crippen LogP contribution in [0.1, 0.15) is 18.4 Å². The van der Waals surface area contributed by atoms with Crippen LogP contribution in [0.2, 0.25) is 0 Å². The molecule has 1 heterocycles. The van der Waals surface area contributed by atoms with Crippen LogP contribution in [-0.4, -0.2) is 27.4 Å². The lowest BCUT2D eigenvalue weighted by Gasteiger charge is -2.19. The van der Waals surface area contributed by atoms with E-state index in [4.69, 9.17) is 9.79 Å². The highest BCUT2D eigenvalue weighted by atomic mass is 79.9. The fourth-order valence-electron chi connectivity index (χ4n) is 2.14. The van der Waals surface area contributed by atoms with Crippen LogP contribution >= 0.6 is 24.3 Å². The highest BCUT2D eigenvalue weighted by molar-refractivity contribution is 9.10. The van der Waals surface area contributed by atoms with Gasteiger partial charge in [-0.05, 0) is 30.0 Å². The first kappa shape index (κ1) is 20.3. The minimum Gasteiger partial charge on any atom is -0.370 e. The Kier molecular flexibility index (Phi) is 6.22. The molecule has 25 heavy (non-hydrogen) atoms. The van der Waals surface area contributed by atoms with Crippen molar-refractivity contribution in [3.8, 4) is 0 Å². The highest BCUT2D eigenvalue weighted by Crippen LogP contribution is 2.54. The number of fused-ring (bicyclic) bond motifs is 1. The quantitative estimate of drug-likeness (QED) is 0.224. The van der Waals surface area contributed by atoms with Crippen LogP contribution < -0.4 is 11.1 Å². The lowest BCUT2D eigenvalue weighted by atomic mass is 10.1. The summed E-state index contributed by atoms with van der Waals surface area (Å²) in [6.07, 6.45) is 1.04. The molecule has 11 heteroatoms. The molecule has 0 fully saturated rings. The number of nitrogens with one attached hydrogen (secondary N) is 1. The average Bonchev–Trinajstić information content (AvgIpc) is 2.49. The maximum atomic E-state index is 13.9. The fraction of sp³-hybridized carbons (Fsp3) is 0.357. The normalized spacial score (nSPS) is 12.8. The number of nitrogens with zero attached hydrogens (tertiary/aromatic N) is 1. The van der Waals surface area contributed by atoms with Gasteiger partial charge in [-0.25, -0.2) is 4.98 Å². The van der Waals surface area contributed by atoms with Crippen molar-refractivity contribution in [1.29, 1.82) is 0 Å². The topological polar surface area (TPSA) is 91.4 Å². The Bertz CT molecular complexity index is 759. The van der Waals surface area contributed by atoms with Crippen LogP contribution in [0.5, 0.6) is 0 Å². The molecule has 0 aliphatic heterocycles. The molecule has 5 nitrogen and oxygen atoms in total. The summed E-state index contributed by atoms with van der Waals surface area (Å²) in [5.74, 6) is 0.319. The van der Waals surface area contributed by atoms with Gasteiger partial charge in [0.2, 0.25) is 8.38 Å². The summed E-state index contributed by atoms with van der Waals surface area (Å²) in [5.41, 5.74) is 0.235. The van der Waals surface area contributed by atoms with E-state index < -0.39 is 32.1 Å². The Balaban J connectivity index is 2.22. The molecule has 0 radical (unpaired) electrons. The third-order valence-corrected chi connectivity index (χ3v) is 4.78. The number of pyridine rings is 1. The zero-order valence-electron chi connectivity index (χ0n) is 12.7. The van der Waals surface area contributed by atoms with Crippen LogP contribution in [-0.2, 0) is 5.66 Å². The molecule has 0 saturated carbocycles. The molecule has 0 atom stereocenters. The molecule has 1 aromatic carbocycles. The zero-order valence-corrected chi connectivity index (χ0v) is 15.2. The largest absolute Gasteiger partial charge is 0.370 e. The van der Waals surface area contributed by atoms with Gasteiger partial charge in [-0.3, -0.25) is 5.73 Å². The first-order chi connectivity index (χ1) is 11.5. The van der Waals surface area contributed by atoms with E-state index in [9.17, 15) is 17.6 Å². The maximum Gasteiger partial charge on any atom is 0.340 e. The van der Waals surface area contributed by atoms with Crippen molar-refractivity contribution in [3.63, 3.8) is 0 Å².